The number of imidazole rings is 1. The summed E-state index contributed by atoms with van der Waals surface area (Å²) in [6.45, 7) is 0. The van der Waals surface area contributed by atoms with E-state index in [1.54, 1.807) is 0 Å². The molecule has 3 heterocycles. The van der Waals surface area contributed by atoms with E-state index in [4.69, 9.17) is 9.97 Å². The van der Waals surface area contributed by atoms with Crippen molar-refractivity contribution in [2.75, 3.05) is 0 Å². The first-order valence-corrected chi connectivity index (χ1v) is 25.1. The molecule has 338 valence electrons. The molecule has 11 aromatic carbocycles. The summed E-state index contributed by atoms with van der Waals surface area (Å²) in [6.07, 6.45) is 0. The Balaban J connectivity index is 0.966. The molecule has 1 spiro atoms. The Morgan fingerprint density at radius 1 is 0.274 bits per heavy atom. The van der Waals surface area contributed by atoms with Crippen LogP contribution in [0.5, 0.6) is 0 Å². The zero-order valence-corrected chi connectivity index (χ0v) is 39.5. The van der Waals surface area contributed by atoms with Crippen molar-refractivity contribution in [3.8, 4) is 67.4 Å². The molecule has 0 atom stereocenters. The van der Waals surface area contributed by atoms with Crippen molar-refractivity contribution in [1.29, 1.82) is 0 Å². The Morgan fingerprint density at radius 2 is 0.795 bits per heavy atom. The van der Waals surface area contributed by atoms with Crippen molar-refractivity contribution in [3.05, 3.63) is 277 Å². The normalized spacial score (nSPS) is 13.0. The fraction of sp³-hybridized carbons (Fsp3) is 0.0145. The molecule has 14 aromatic rings. The molecule has 0 bridgehead atoms. The minimum absolute atomic E-state index is 0.491. The predicted molar refractivity (Wildman–Crippen MR) is 301 cm³/mol. The van der Waals surface area contributed by atoms with Gasteiger partial charge in [0.2, 0.25) is 0 Å². The monoisotopic (exact) mass is 926 g/mol. The lowest BCUT2D eigenvalue weighted by Gasteiger charge is -2.30. The van der Waals surface area contributed by atoms with E-state index in [9.17, 15) is 0 Å². The van der Waals surface area contributed by atoms with Gasteiger partial charge >= 0.3 is 0 Å². The standard InChI is InChI=1S/C69H42N4/c1-2-18-47(19-3-1)73-66-33-17-14-30-63(66)71-68(73)44-36-34-43(35-37-44)45-38-46(40-48(39-45)72-64-31-15-8-24-53(64)54-25-9-16-32-65(54)72)67-57-42-61-56(41-55(57)52-23-7-13-29-62(52)70-67)51-22-6-12-28-60(51)69(61)58-26-10-4-20-49(58)50-21-5-11-27-59(50)69/h1-42H. The highest BCUT2D eigenvalue weighted by atomic mass is 15.1. The quantitative estimate of drug-likeness (QED) is 0.161. The first-order chi connectivity index (χ1) is 36.2. The highest BCUT2D eigenvalue weighted by Crippen LogP contribution is 2.63. The highest BCUT2D eigenvalue weighted by Gasteiger charge is 2.51. The Bertz CT molecular complexity index is 4510. The van der Waals surface area contributed by atoms with E-state index in [0.29, 0.717) is 0 Å². The van der Waals surface area contributed by atoms with Crippen LogP contribution in [-0.2, 0) is 5.41 Å². The van der Waals surface area contributed by atoms with Gasteiger partial charge < -0.3 is 4.57 Å². The van der Waals surface area contributed by atoms with Crippen LogP contribution in [0.4, 0.5) is 0 Å². The molecule has 0 aliphatic heterocycles. The van der Waals surface area contributed by atoms with Crippen molar-refractivity contribution in [2.45, 2.75) is 5.41 Å². The van der Waals surface area contributed by atoms with Gasteiger partial charge in [0, 0.05) is 44.0 Å². The zero-order chi connectivity index (χ0) is 47.8. The van der Waals surface area contributed by atoms with Gasteiger partial charge in [-0.15, -0.1) is 0 Å². The topological polar surface area (TPSA) is 35.6 Å². The van der Waals surface area contributed by atoms with E-state index in [2.05, 4.69) is 264 Å². The zero-order valence-electron chi connectivity index (χ0n) is 39.5. The van der Waals surface area contributed by atoms with Crippen LogP contribution in [0, 0.1) is 0 Å². The highest BCUT2D eigenvalue weighted by molar-refractivity contribution is 6.15. The van der Waals surface area contributed by atoms with Crippen LogP contribution in [0.25, 0.3) is 122 Å². The smallest absolute Gasteiger partial charge is 0.145 e. The van der Waals surface area contributed by atoms with E-state index in [1.807, 2.05) is 0 Å². The van der Waals surface area contributed by atoms with Gasteiger partial charge in [-0.25, -0.2) is 9.97 Å². The molecule has 4 nitrogen and oxygen atoms in total. The lowest BCUT2D eigenvalue weighted by molar-refractivity contribution is 0.795. The minimum atomic E-state index is -0.491. The third-order valence-corrected chi connectivity index (χ3v) is 15.9. The Kier molecular flexibility index (Phi) is 8.35. The number of benzene rings is 11. The number of para-hydroxylation sites is 6. The molecular formula is C69H42N4. The predicted octanol–water partition coefficient (Wildman–Crippen LogP) is 17.2. The summed E-state index contributed by atoms with van der Waals surface area (Å²) in [5.74, 6) is 0.908. The van der Waals surface area contributed by atoms with Crippen molar-refractivity contribution in [2.24, 2.45) is 0 Å². The third kappa shape index (κ3) is 5.60. The first kappa shape index (κ1) is 40.1. The van der Waals surface area contributed by atoms with Crippen LogP contribution < -0.4 is 0 Å². The van der Waals surface area contributed by atoms with E-state index < -0.39 is 5.41 Å². The molecule has 0 saturated carbocycles. The average molecular weight is 927 g/mol. The lowest BCUT2D eigenvalue weighted by Crippen LogP contribution is -2.25. The molecule has 2 aliphatic carbocycles. The largest absolute Gasteiger partial charge is 0.309 e. The number of rotatable bonds is 5. The minimum Gasteiger partial charge on any atom is -0.309 e. The molecule has 0 radical (unpaired) electrons. The molecule has 0 fully saturated rings. The second-order valence-corrected chi connectivity index (χ2v) is 19.6. The van der Waals surface area contributed by atoms with E-state index >= 15 is 0 Å². The van der Waals surface area contributed by atoms with Crippen LogP contribution in [0.3, 0.4) is 0 Å². The van der Waals surface area contributed by atoms with Crippen LogP contribution in [0.15, 0.2) is 255 Å². The van der Waals surface area contributed by atoms with Crippen LogP contribution in [0.1, 0.15) is 22.3 Å². The summed E-state index contributed by atoms with van der Waals surface area (Å²) in [4.78, 5) is 10.9. The molecule has 73 heavy (non-hydrogen) atoms. The summed E-state index contributed by atoms with van der Waals surface area (Å²) in [5.41, 5.74) is 22.7. The molecule has 16 rings (SSSR count). The summed E-state index contributed by atoms with van der Waals surface area (Å²) >= 11 is 0. The summed E-state index contributed by atoms with van der Waals surface area (Å²) < 4.78 is 4.71. The Hall–Kier alpha value is -9.64. The molecule has 4 heteroatoms. The van der Waals surface area contributed by atoms with Gasteiger partial charge in [0.05, 0.1) is 38.7 Å². The lowest BCUT2D eigenvalue weighted by atomic mass is 9.70. The first-order valence-electron chi connectivity index (χ1n) is 25.1. The number of nitrogens with zero attached hydrogens (tertiary/aromatic N) is 4. The van der Waals surface area contributed by atoms with Crippen molar-refractivity contribution < 1.29 is 0 Å². The number of hydrogen-bond acceptors (Lipinski definition) is 2. The van der Waals surface area contributed by atoms with Crippen LogP contribution >= 0.6 is 0 Å². The van der Waals surface area contributed by atoms with Crippen LogP contribution in [-0.4, -0.2) is 19.1 Å². The van der Waals surface area contributed by atoms with Gasteiger partial charge in [-0.05, 0) is 134 Å². The Labute approximate surface area is 421 Å². The average Bonchev–Trinajstić information content (AvgIpc) is 4.19. The Morgan fingerprint density at radius 3 is 1.47 bits per heavy atom. The maximum atomic E-state index is 5.73. The molecule has 0 unspecified atom stereocenters. The number of pyridine rings is 1. The second-order valence-electron chi connectivity index (χ2n) is 19.6. The third-order valence-electron chi connectivity index (χ3n) is 15.9. The second kappa shape index (κ2) is 15.2. The summed E-state index contributed by atoms with van der Waals surface area (Å²) in [7, 11) is 0. The number of hydrogen-bond donors (Lipinski definition) is 0. The fourth-order valence-electron chi connectivity index (χ4n) is 12.9. The fourth-order valence-corrected chi connectivity index (χ4v) is 12.9. The van der Waals surface area contributed by atoms with Crippen molar-refractivity contribution in [3.63, 3.8) is 0 Å². The van der Waals surface area contributed by atoms with Crippen LogP contribution in [0.2, 0.25) is 0 Å². The van der Waals surface area contributed by atoms with Gasteiger partial charge in [-0.3, -0.25) is 4.57 Å². The van der Waals surface area contributed by atoms with Gasteiger partial charge in [0.25, 0.3) is 0 Å². The van der Waals surface area contributed by atoms with E-state index in [0.717, 1.165) is 83.5 Å². The van der Waals surface area contributed by atoms with Crippen molar-refractivity contribution in [1.82, 2.24) is 19.1 Å². The number of aromatic nitrogens is 4. The van der Waals surface area contributed by atoms with E-state index in [1.165, 1.54) is 60.7 Å². The van der Waals surface area contributed by atoms with E-state index in [-0.39, 0.29) is 0 Å². The summed E-state index contributed by atoms with van der Waals surface area (Å²) in [5, 5.41) is 5.92. The SMILES string of the molecule is c1ccc(-n2c(-c3ccc(-c4cc(-c5nc6ccccc6c6cc7c(cc56)C5(c6ccccc6-c6ccccc65)c5ccccc5-7)cc(-n5c6ccccc6c6ccccc65)c4)cc3)nc3ccccc32)cc1. The van der Waals surface area contributed by atoms with Gasteiger partial charge in [-0.1, -0.05) is 182 Å². The molecule has 3 aromatic heterocycles. The van der Waals surface area contributed by atoms with Gasteiger partial charge in [0.15, 0.2) is 0 Å². The molecule has 2 aliphatic rings. The molecule has 0 saturated heterocycles. The molecular weight excluding hydrogens is 885 g/mol. The molecule has 0 N–H and O–H groups in total. The van der Waals surface area contributed by atoms with Gasteiger partial charge in [-0.2, -0.15) is 0 Å². The number of fused-ring (bicyclic) bond motifs is 17. The van der Waals surface area contributed by atoms with Gasteiger partial charge in [0.1, 0.15) is 5.82 Å². The van der Waals surface area contributed by atoms with Crippen molar-refractivity contribution >= 4 is 54.5 Å². The maximum Gasteiger partial charge on any atom is 0.145 e. The molecule has 0 amide bonds. The maximum absolute atomic E-state index is 5.73. The summed E-state index contributed by atoms with van der Waals surface area (Å²) in [6, 6.07) is 93.4.